The van der Waals surface area contributed by atoms with Gasteiger partial charge in [-0.25, -0.2) is 4.98 Å². The van der Waals surface area contributed by atoms with Crippen molar-refractivity contribution in [1.82, 2.24) is 9.55 Å². The Balaban J connectivity index is 2.50. The summed E-state index contributed by atoms with van der Waals surface area (Å²) in [6, 6.07) is 7.75. The maximum atomic E-state index is 12.1. The Hall–Kier alpha value is -1.29. The van der Waals surface area contributed by atoms with Crippen LogP contribution in [0.25, 0.3) is 11.0 Å². The maximum Gasteiger partial charge on any atom is 0.269 e. The molecule has 0 saturated carbocycles. The van der Waals surface area contributed by atoms with Gasteiger partial charge in [0.05, 0.1) is 17.2 Å². The van der Waals surface area contributed by atoms with Gasteiger partial charge in [0.15, 0.2) is 0 Å². The highest BCUT2D eigenvalue weighted by Crippen LogP contribution is 2.28. The minimum absolute atomic E-state index is 0.0465. The maximum absolute atomic E-state index is 12.1. The zero-order valence-electron chi connectivity index (χ0n) is 11.6. The predicted octanol–water partition coefficient (Wildman–Crippen LogP) is 2.99. The molecule has 0 saturated heterocycles. The number of thiol groups is 1. The van der Waals surface area contributed by atoms with Crippen LogP contribution in [0.5, 0.6) is 0 Å². The van der Waals surface area contributed by atoms with Crippen molar-refractivity contribution in [2.24, 2.45) is 11.3 Å². The van der Waals surface area contributed by atoms with E-state index in [4.69, 9.17) is 0 Å². The number of nitrogens with zero attached hydrogens (tertiary/aromatic N) is 2. The highest BCUT2D eigenvalue weighted by atomic mass is 32.1. The Morgan fingerprint density at radius 2 is 2.00 bits per heavy atom. The van der Waals surface area contributed by atoms with Crippen molar-refractivity contribution in [2.45, 2.75) is 27.3 Å². The van der Waals surface area contributed by atoms with Crippen LogP contribution in [0.1, 0.15) is 20.8 Å². The number of benzene rings is 1. The van der Waals surface area contributed by atoms with E-state index in [9.17, 15) is 4.79 Å². The van der Waals surface area contributed by atoms with Gasteiger partial charge >= 0.3 is 0 Å². The van der Waals surface area contributed by atoms with Crippen LogP contribution in [0.4, 0.5) is 0 Å². The number of hydrogen-bond acceptors (Lipinski definition) is 3. The molecule has 0 aliphatic carbocycles. The van der Waals surface area contributed by atoms with E-state index in [1.807, 2.05) is 28.8 Å². The summed E-state index contributed by atoms with van der Waals surface area (Å²) in [5.41, 5.74) is 1.82. The fourth-order valence-corrected chi connectivity index (χ4v) is 2.79. The van der Waals surface area contributed by atoms with Crippen molar-refractivity contribution in [3.8, 4) is 0 Å². The molecular weight excluding hydrogens is 256 g/mol. The van der Waals surface area contributed by atoms with Crippen LogP contribution in [0, 0.1) is 11.3 Å². The van der Waals surface area contributed by atoms with E-state index in [-0.39, 0.29) is 11.0 Å². The van der Waals surface area contributed by atoms with Crippen molar-refractivity contribution in [2.75, 3.05) is 5.75 Å². The zero-order chi connectivity index (χ0) is 14.0. The lowest BCUT2D eigenvalue weighted by atomic mass is 9.82. The van der Waals surface area contributed by atoms with E-state index in [2.05, 4.69) is 38.4 Å². The van der Waals surface area contributed by atoms with E-state index in [0.717, 1.165) is 16.8 Å². The van der Waals surface area contributed by atoms with Crippen LogP contribution in [0.15, 0.2) is 35.3 Å². The van der Waals surface area contributed by atoms with Gasteiger partial charge in [0.2, 0.25) is 0 Å². The van der Waals surface area contributed by atoms with E-state index in [1.165, 1.54) is 6.20 Å². The molecule has 1 unspecified atom stereocenters. The molecule has 102 valence electrons. The first-order valence-corrected chi connectivity index (χ1v) is 7.12. The number of para-hydroxylation sites is 2. The van der Waals surface area contributed by atoms with Gasteiger partial charge in [-0.2, -0.15) is 12.6 Å². The van der Waals surface area contributed by atoms with Crippen molar-refractivity contribution >= 4 is 23.7 Å². The Morgan fingerprint density at radius 3 is 2.63 bits per heavy atom. The van der Waals surface area contributed by atoms with E-state index in [0.29, 0.717) is 12.5 Å². The summed E-state index contributed by atoms with van der Waals surface area (Å²) in [6.07, 6.45) is 1.40. The smallest absolute Gasteiger partial charge is 0.269 e. The third kappa shape index (κ3) is 3.00. The van der Waals surface area contributed by atoms with E-state index in [1.54, 1.807) is 0 Å². The number of rotatable bonds is 3. The molecule has 19 heavy (non-hydrogen) atoms. The van der Waals surface area contributed by atoms with E-state index < -0.39 is 0 Å². The second-order valence-electron chi connectivity index (χ2n) is 5.94. The number of hydrogen-bond donors (Lipinski definition) is 1. The molecule has 1 heterocycles. The average molecular weight is 276 g/mol. The van der Waals surface area contributed by atoms with Crippen LogP contribution in [0.3, 0.4) is 0 Å². The van der Waals surface area contributed by atoms with Crippen LogP contribution in [0.2, 0.25) is 0 Å². The van der Waals surface area contributed by atoms with Gasteiger partial charge in [-0.3, -0.25) is 4.79 Å². The van der Waals surface area contributed by atoms with Gasteiger partial charge in [0.1, 0.15) is 0 Å². The van der Waals surface area contributed by atoms with Crippen LogP contribution in [-0.2, 0) is 6.54 Å². The SMILES string of the molecule is CC(C)(C)C(CS)Cn1c(=O)cnc2ccccc21. The quantitative estimate of drug-likeness (QED) is 0.875. The second-order valence-corrected chi connectivity index (χ2v) is 6.31. The summed E-state index contributed by atoms with van der Waals surface area (Å²) in [6.45, 7) is 7.22. The molecular formula is C15H20N2OS. The minimum Gasteiger partial charge on any atom is -0.305 e. The summed E-state index contributed by atoms with van der Waals surface area (Å²) in [7, 11) is 0. The van der Waals surface area contributed by atoms with Gasteiger partial charge in [-0.1, -0.05) is 32.9 Å². The van der Waals surface area contributed by atoms with Gasteiger partial charge < -0.3 is 4.57 Å². The molecule has 2 rings (SSSR count). The molecule has 1 aromatic carbocycles. The van der Waals surface area contributed by atoms with Crippen molar-refractivity contribution in [1.29, 1.82) is 0 Å². The van der Waals surface area contributed by atoms with E-state index >= 15 is 0 Å². The first kappa shape index (κ1) is 14.1. The molecule has 1 atom stereocenters. The fraction of sp³-hybridized carbons (Fsp3) is 0.467. The third-order valence-electron chi connectivity index (χ3n) is 3.60. The highest BCUT2D eigenvalue weighted by Gasteiger charge is 2.24. The molecule has 2 aromatic rings. The Bertz CT molecular complexity index is 628. The molecule has 0 radical (unpaired) electrons. The molecule has 0 bridgehead atoms. The average Bonchev–Trinajstić information content (AvgIpc) is 2.36. The summed E-state index contributed by atoms with van der Waals surface area (Å²) in [5.74, 6) is 1.09. The zero-order valence-corrected chi connectivity index (χ0v) is 12.5. The topological polar surface area (TPSA) is 34.9 Å². The number of aromatic nitrogens is 2. The molecule has 0 N–H and O–H groups in total. The fourth-order valence-electron chi connectivity index (χ4n) is 2.13. The predicted molar refractivity (Wildman–Crippen MR) is 82.8 cm³/mol. The van der Waals surface area contributed by atoms with Crippen LogP contribution < -0.4 is 5.56 Å². The van der Waals surface area contributed by atoms with Gasteiger partial charge in [-0.05, 0) is 29.2 Å². The van der Waals surface area contributed by atoms with Crippen molar-refractivity contribution in [3.63, 3.8) is 0 Å². The normalized spacial score (nSPS) is 13.7. The monoisotopic (exact) mass is 276 g/mol. The summed E-state index contributed by atoms with van der Waals surface area (Å²) >= 11 is 4.44. The summed E-state index contributed by atoms with van der Waals surface area (Å²) in [4.78, 5) is 16.3. The van der Waals surface area contributed by atoms with Crippen LogP contribution >= 0.6 is 12.6 Å². The Morgan fingerprint density at radius 1 is 1.32 bits per heavy atom. The molecule has 0 fully saturated rings. The molecule has 0 spiro atoms. The summed E-state index contributed by atoms with van der Waals surface area (Å²) < 4.78 is 1.81. The minimum atomic E-state index is -0.0465. The van der Waals surface area contributed by atoms with Crippen molar-refractivity contribution < 1.29 is 0 Å². The molecule has 4 heteroatoms. The van der Waals surface area contributed by atoms with Gasteiger partial charge in [0, 0.05) is 6.54 Å². The summed E-state index contributed by atoms with van der Waals surface area (Å²) in [5, 5.41) is 0. The Kier molecular flexibility index (Phi) is 3.99. The molecule has 1 aromatic heterocycles. The Labute approximate surface area is 119 Å². The third-order valence-corrected chi connectivity index (χ3v) is 4.04. The molecule has 0 amide bonds. The first-order chi connectivity index (χ1) is 8.93. The number of fused-ring (bicyclic) bond motifs is 1. The highest BCUT2D eigenvalue weighted by molar-refractivity contribution is 7.80. The van der Waals surface area contributed by atoms with Gasteiger partial charge in [-0.15, -0.1) is 0 Å². The first-order valence-electron chi connectivity index (χ1n) is 6.49. The lowest BCUT2D eigenvalue weighted by Gasteiger charge is -2.30. The van der Waals surface area contributed by atoms with Gasteiger partial charge in [0.25, 0.3) is 5.56 Å². The standard InChI is InChI=1S/C15H20N2OS/c1-15(2,3)11(10-19)9-17-13-7-5-4-6-12(13)16-8-14(17)18/h4-8,11,19H,9-10H2,1-3H3. The largest absolute Gasteiger partial charge is 0.305 e. The lowest BCUT2D eigenvalue weighted by Crippen LogP contribution is -2.32. The van der Waals surface area contributed by atoms with Crippen LogP contribution in [-0.4, -0.2) is 15.3 Å². The lowest BCUT2D eigenvalue weighted by molar-refractivity contribution is 0.238. The molecule has 0 aliphatic rings. The van der Waals surface area contributed by atoms with Crippen molar-refractivity contribution in [3.05, 3.63) is 40.8 Å². The second kappa shape index (κ2) is 5.37. The molecule has 3 nitrogen and oxygen atoms in total. The molecule has 0 aliphatic heterocycles.